The molecule has 2 rings (SSSR count). The van der Waals surface area contributed by atoms with Crippen LogP contribution in [0.15, 0.2) is 18.3 Å². The van der Waals surface area contributed by atoms with Crippen LogP contribution < -0.4 is 0 Å². The summed E-state index contributed by atoms with van der Waals surface area (Å²) in [7, 11) is 0. The summed E-state index contributed by atoms with van der Waals surface area (Å²) in [5, 5.41) is 9.92. The minimum Gasteiger partial charge on any atom is -0.507 e. The normalized spacial score (nSPS) is 16.3. The molecule has 1 N–H and O–H groups in total. The largest absolute Gasteiger partial charge is 0.510 e. The van der Waals surface area contributed by atoms with Crippen molar-refractivity contribution in [2.24, 2.45) is 0 Å². The molecule has 0 fully saturated rings. The van der Waals surface area contributed by atoms with Crippen LogP contribution in [0.2, 0.25) is 0 Å². The monoisotopic (exact) mass is 295 g/mol. The van der Waals surface area contributed by atoms with Gasteiger partial charge in [0.1, 0.15) is 11.6 Å². The van der Waals surface area contributed by atoms with Crippen LogP contribution in [-0.2, 0) is 14.3 Å². The number of nitrogens with zero attached hydrogens (tertiary/aromatic N) is 1. The minimum absolute atomic E-state index is 0.000697. The molecular formula is C14H14FNO5. The molecule has 0 aliphatic carbocycles. The highest BCUT2D eigenvalue weighted by atomic mass is 19.1. The Hall–Kier alpha value is -2.57. The lowest BCUT2D eigenvalue weighted by molar-refractivity contribution is -0.136. The Labute approximate surface area is 120 Å². The first-order chi connectivity index (χ1) is 9.95. The molecule has 1 aromatic rings. The second kappa shape index (κ2) is 5.82. The van der Waals surface area contributed by atoms with E-state index in [1.165, 1.54) is 19.2 Å². The molecule has 1 unspecified atom stereocenters. The number of carbonyl (C=O) groups excluding carboxylic acids is 2. The minimum atomic E-state index is -1.28. The summed E-state index contributed by atoms with van der Waals surface area (Å²) < 4.78 is 23.5. The molecule has 112 valence electrons. The van der Waals surface area contributed by atoms with Crippen LogP contribution in [0.25, 0.3) is 6.08 Å². The molecule has 1 atom stereocenters. The highest BCUT2D eigenvalue weighted by Crippen LogP contribution is 2.38. The molecule has 1 aromatic carbocycles. The standard InChI is InChI=1S/C14H14FNO5/c1-3-20-14(19)21-13-12-9(6-7-16(13)8(2)17)10(15)4-5-11(12)18/h4-7,13,18H,3H2,1-2H3. The third-order valence-corrected chi connectivity index (χ3v) is 2.95. The average Bonchev–Trinajstić information content (AvgIpc) is 2.42. The maximum atomic E-state index is 13.8. The average molecular weight is 295 g/mol. The zero-order valence-electron chi connectivity index (χ0n) is 11.5. The molecule has 0 bridgehead atoms. The molecule has 1 aliphatic heterocycles. The number of halogens is 1. The van der Waals surface area contributed by atoms with Gasteiger partial charge < -0.3 is 14.6 Å². The van der Waals surface area contributed by atoms with Crippen LogP contribution >= 0.6 is 0 Å². The number of fused-ring (bicyclic) bond motifs is 1. The van der Waals surface area contributed by atoms with Gasteiger partial charge in [-0.25, -0.2) is 9.18 Å². The van der Waals surface area contributed by atoms with Gasteiger partial charge in [-0.05, 0) is 25.1 Å². The number of phenols is 1. The fraction of sp³-hybridized carbons (Fsp3) is 0.286. The van der Waals surface area contributed by atoms with Gasteiger partial charge >= 0.3 is 6.16 Å². The molecule has 1 amide bonds. The lowest BCUT2D eigenvalue weighted by atomic mass is 10.0. The number of rotatable bonds is 2. The van der Waals surface area contributed by atoms with E-state index in [1.807, 2.05) is 0 Å². The number of benzene rings is 1. The van der Waals surface area contributed by atoms with Crippen molar-refractivity contribution >= 4 is 18.1 Å². The molecule has 7 heteroatoms. The van der Waals surface area contributed by atoms with Gasteiger partial charge in [0.15, 0.2) is 0 Å². The summed E-state index contributed by atoms with van der Waals surface area (Å²) in [5.41, 5.74) is 0.0579. The Bertz CT molecular complexity index is 614. The predicted molar refractivity (Wildman–Crippen MR) is 70.5 cm³/mol. The molecule has 1 heterocycles. The van der Waals surface area contributed by atoms with Gasteiger partial charge in [0.05, 0.1) is 12.2 Å². The third kappa shape index (κ3) is 2.81. The van der Waals surface area contributed by atoms with E-state index in [4.69, 9.17) is 4.74 Å². The van der Waals surface area contributed by atoms with Gasteiger partial charge in [0.25, 0.3) is 0 Å². The second-order valence-electron chi connectivity index (χ2n) is 4.29. The number of phenolic OH excluding ortho intramolecular Hbond substituents is 1. The zero-order chi connectivity index (χ0) is 15.6. The lowest BCUT2D eigenvalue weighted by Crippen LogP contribution is -2.34. The molecule has 0 spiro atoms. The SMILES string of the molecule is CCOC(=O)OC1c2c(O)ccc(F)c2C=CN1C(C)=O. The molecule has 1 aliphatic rings. The maximum absolute atomic E-state index is 13.8. The lowest BCUT2D eigenvalue weighted by Gasteiger charge is -2.31. The van der Waals surface area contributed by atoms with Crippen molar-refractivity contribution in [3.8, 4) is 5.75 Å². The Morgan fingerprint density at radius 1 is 1.43 bits per heavy atom. The van der Waals surface area contributed by atoms with E-state index in [0.29, 0.717) is 0 Å². The number of ether oxygens (including phenoxy) is 2. The number of amides is 1. The number of aromatic hydroxyl groups is 1. The summed E-state index contributed by atoms with van der Waals surface area (Å²) in [5.74, 6) is -1.31. The second-order valence-corrected chi connectivity index (χ2v) is 4.29. The van der Waals surface area contributed by atoms with Crippen LogP contribution in [-0.4, -0.2) is 28.7 Å². The molecule has 0 saturated carbocycles. The van der Waals surface area contributed by atoms with Crippen LogP contribution in [0.5, 0.6) is 5.75 Å². The van der Waals surface area contributed by atoms with Gasteiger partial charge in [0.2, 0.25) is 12.1 Å². The summed E-state index contributed by atoms with van der Waals surface area (Å²) in [4.78, 5) is 24.2. The molecule has 6 nitrogen and oxygen atoms in total. The number of hydrogen-bond donors (Lipinski definition) is 1. The van der Waals surface area contributed by atoms with E-state index in [9.17, 15) is 19.1 Å². The summed E-state index contributed by atoms with van der Waals surface area (Å²) >= 11 is 0. The van der Waals surface area contributed by atoms with Crippen molar-refractivity contribution in [3.63, 3.8) is 0 Å². The van der Waals surface area contributed by atoms with Crippen molar-refractivity contribution in [1.29, 1.82) is 0 Å². The van der Waals surface area contributed by atoms with Crippen LogP contribution in [0, 0.1) is 5.82 Å². The molecular weight excluding hydrogens is 281 g/mol. The quantitative estimate of drug-likeness (QED) is 0.848. The van der Waals surface area contributed by atoms with Crippen molar-refractivity contribution < 1.29 is 28.6 Å². The fourth-order valence-corrected chi connectivity index (χ4v) is 2.03. The first-order valence-corrected chi connectivity index (χ1v) is 6.27. The van der Waals surface area contributed by atoms with Gasteiger partial charge in [-0.1, -0.05) is 0 Å². The van der Waals surface area contributed by atoms with Crippen molar-refractivity contribution in [1.82, 2.24) is 4.90 Å². The van der Waals surface area contributed by atoms with Crippen molar-refractivity contribution in [2.75, 3.05) is 6.61 Å². The van der Waals surface area contributed by atoms with Crippen LogP contribution in [0.1, 0.15) is 31.2 Å². The van der Waals surface area contributed by atoms with E-state index in [0.717, 1.165) is 17.0 Å². The highest BCUT2D eigenvalue weighted by molar-refractivity contribution is 5.78. The summed E-state index contributed by atoms with van der Waals surface area (Å²) in [6.45, 7) is 2.94. The smallest absolute Gasteiger partial charge is 0.507 e. The summed E-state index contributed by atoms with van der Waals surface area (Å²) in [6.07, 6.45) is 0.323. The fourth-order valence-electron chi connectivity index (χ4n) is 2.03. The predicted octanol–water partition coefficient (Wildman–Crippen LogP) is 2.54. The van der Waals surface area contributed by atoms with E-state index in [2.05, 4.69) is 4.74 Å². The summed E-state index contributed by atoms with van der Waals surface area (Å²) in [6, 6.07) is 2.22. The molecule has 0 saturated heterocycles. The Balaban J connectivity index is 2.47. The van der Waals surface area contributed by atoms with E-state index in [-0.39, 0.29) is 23.5 Å². The Morgan fingerprint density at radius 2 is 2.14 bits per heavy atom. The molecule has 0 radical (unpaired) electrons. The first-order valence-electron chi connectivity index (χ1n) is 6.27. The van der Waals surface area contributed by atoms with Gasteiger partial charge in [0, 0.05) is 18.7 Å². The third-order valence-electron chi connectivity index (χ3n) is 2.95. The Morgan fingerprint density at radius 3 is 2.76 bits per heavy atom. The number of hydrogen-bond acceptors (Lipinski definition) is 5. The van der Waals surface area contributed by atoms with E-state index < -0.39 is 24.1 Å². The van der Waals surface area contributed by atoms with E-state index in [1.54, 1.807) is 6.92 Å². The van der Waals surface area contributed by atoms with Crippen LogP contribution in [0.3, 0.4) is 0 Å². The Kier molecular flexibility index (Phi) is 4.11. The number of carbonyl (C=O) groups is 2. The van der Waals surface area contributed by atoms with Crippen LogP contribution in [0.4, 0.5) is 9.18 Å². The highest BCUT2D eigenvalue weighted by Gasteiger charge is 2.34. The van der Waals surface area contributed by atoms with Crippen molar-refractivity contribution in [2.45, 2.75) is 20.1 Å². The molecule has 21 heavy (non-hydrogen) atoms. The maximum Gasteiger partial charge on any atom is 0.510 e. The first kappa shape index (κ1) is 14.8. The zero-order valence-corrected chi connectivity index (χ0v) is 11.5. The van der Waals surface area contributed by atoms with Gasteiger partial charge in [-0.2, -0.15) is 0 Å². The van der Waals surface area contributed by atoms with E-state index >= 15 is 0 Å². The van der Waals surface area contributed by atoms with Crippen molar-refractivity contribution in [3.05, 3.63) is 35.3 Å². The topological polar surface area (TPSA) is 76.1 Å². The van der Waals surface area contributed by atoms with Gasteiger partial charge in [-0.3, -0.25) is 9.69 Å². The van der Waals surface area contributed by atoms with Gasteiger partial charge in [-0.15, -0.1) is 0 Å². The molecule has 0 aromatic heterocycles.